The van der Waals surface area contributed by atoms with E-state index in [2.05, 4.69) is 0 Å². The van der Waals surface area contributed by atoms with Crippen molar-refractivity contribution in [2.75, 3.05) is 27.4 Å². The van der Waals surface area contributed by atoms with Crippen LogP contribution in [0.4, 0.5) is 5.69 Å². The lowest BCUT2D eigenvalue weighted by atomic mass is 10.0. The molecule has 0 spiro atoms. The Kier molecular flexibility index (Phi) is 6.16. The standard InChI is InChI=1S/C24H22N2O3S/c1-28-15-14-26-23(27)22(30-24(26)25-18-8-4-3-5-9-18)16-17-12-13-21(29-2)20-11-7-6-10-19(17)20/h3-13,16H,14-15H2,1-2H3/b22-16-,25-24?. The van der Waals surface area contributed by atoms with Gasteiger partial charge in [0.05, 0.1) is 30.9 Å². The minimum absolute atomic E-state index is 0.0633. The van der Waals surface area contributed by atoms with Crippen molar-refractivity contribution in [2.24, 2.45) is 4.99 Å². The summed E-state index contributed by atoms with van der Waals surface area (Å²) in [6.07, 6.45) is 1.93. The summed E-state index contributed by atoms with van der Waals surface area (Å²) in [6, 6.07) is 21.6. The fraction of sp³-hybridized carbons (Fsp3) is 0.167. The lowest BCUT2D eigenvalue weighted by Crippen LogP contribution is -2.32. The third kappa shape index (κ3) is 4.10. The number of carbonyl (C=O) groups excluding carboxylic acids is 1. The normalized spacial score (nSPS) is 16.7. The first-order valence-electron chi connectivity index (χ1n) is 9.61. The van der Waals surface area contributed by atoms with Crippen molar-refractivity contribution in [2.45, 2.75) is 0 Å². The molecule has 6 heteroatoms. The molecule has 1 amide bonds. The van der Waals surface area contributed by atoms with E-state index in [9.17, 15) is 4.79 Å². The van der Waals surface area contributed by atoms with Crippen molar-refractivity contribution < 1.29 is 14.3 Å². The van der Waals surface area contributed by atoms with Gasteiger partial charge < -0.3 is 9.47 Å². The Labute approximate surface area is 180 Å². The number of thioether (sulfide) groups is 1. The van der Waals surface area contributed by atoms with Crippen molar-refractivity contribution >= 4 is 45.4 Å². The number of nitrogens with zero attached hydrogens (tertiary/aromatic N) is 2. The van der Waals surface area contributed by atoms with Crippen LogP contribution in [0.2, 0.25) is 0 Å². The Bertz CT molecular complexity index is 1130. The molecule has 1 heterocycles. The number of amides is 1. The number of para-hydroxylation sites is 1. The quantitative estimate of drug-likeness (QED) is 0.523. The number of carbonyl (C=O) groups is 1. The van der Waals surface area contributed by atoms with Crippen LogP contribution < -0.4 is 4.74 Å². The molecule has 0 bridgehead atoms. The zero-order valence-electron chi connectivity index (χ0n) is 16.9. The zero-order valence-corrected chi connectivity index (χ0v) is 17.7. The van der Waals surface area contributed by atoms with E-state index in [1.807, 2.05) is 72.8 Å². The van der Waals surface area contributed by atoms with E-state index in [1.165, 1.54) is 11.8 Å². The Hall–Kier alpha value is -3.09. The molecule has 0 aliphatic carbocycles. The molecule has 0 atom stereocenters. The number of aliphatic imine (C=N–C) groups is 1. The van der Waals surface area contributed by atoms with Crippen LogP contribution in [0.3, 0.4) is 0 Å². The first kappa shape index (κ1) is 20.2. The molecule has 5 nitrogen and oxygen atoms in total. The molecule has 3 aromatic carbocycles. The van der Waals surface area contributed by atoms with Gasteiger partial charge in [0, 0.05) is 12.5 Å². The second-order valence-corrected chi connectivity index (χ2v) is 7.70. The largest absolute Gasteiger partial charge is 0.496 e. The van der Waals surface area contributed by atoms with Crippen LogP contribution in [0, 0.1) is 0 Å². The first-order valence-corrected chi connectivity index (χ1v) is 10.4. The van der Waals surface area contributed by atoms with Gasteiger partial charge in [-0.05, 0) is 47.0 Å². The molecule has 30 heavy (non-hydrogen) atoms. The van der Waals surface area contributed by atoms with Crippen LogP contribution in [0.1, 0.15) is 5.56 Å². The summed E-state index contributed by atoms with van der Waals surface area (Å²) in [4.78, 5) is 20.2. The maximum absolute atomic E-state index is 13.2. The maximum Gasteiger partial charge on any atom is 0.266 e. The Morgan fingerprint density at radius 2 is 1.70 bits per heavy atom. The van der Waals surface area contributed by atoms with Gasteiger partial charge in [0.1, 0.15) is 5.75 Å². The van der Waals surface area contributed by atoms with Crippen molar-refractivity contribution in [3.63, 3.8) is 0 Å². The Balaban J connectivity index is 1.74. The monoisotopic (exact) mass is 418 g/mol. The van der Waals surface area contributed by atoms with Gasteiger partial charge in [-0.3, -0.25) is 9.69 Å². The Morgan fingerprint density at radius 3 is 2.43 bits per heavy atom. The molecule has 0 radical (unpaired) electrons. The van der Waals surface area contributed by atoms with E-state index in [1.54, 1.807) is 19.1 Å². The number of benzene rings is 3. The van der Waals surface area contributed by atoms with E-state index >= 15 is 0 Å². The van der Waals surface area contributed by atoms with Gasteiger partial charge in [-0.1, -0.05) is 48.5 Å². The molecule has 0 saturated carbocycles. The van der Waals surface area contributed by atoms with Crippen molar-refractivity contribution in [1.82, 2.24) is 4.90 Å². The van der Waals surface area contributed by atoms with Gasteiger partial charge in [0.15, 0.2) is 5.17 Å². The number of hydrogen-bond donors (Lipinski definition) is 0. The van der Waals surface area contributed by atoms with E-state index < -0.39 is 0 Å². The summed E-state index contributed by atoms with van der Waals surface area (Å²) in [5.41, 5.74) is 1.78. The molecule has 1 aliphatic rings. The minimum Gasteiger partial charge on any atom is -0.496 e. The highest BCUT2D eigenvalue weighted by Crippen LogP contribution is 2.36. The average Bonchev–Trinajstić information content (AvgIpc) is 3.07. The molecule has 3 aromatic rings. The van der Waals surface area contributed by atoms with Gasteiger partial charge >= 0.3 is 0 Å². The van der Waals surface area contributed by atoms with Crippen molar-refractivity contribution in [1.29, 1.82) is 0 Å². The number of fused-ring (bicyclic) bond motifs is 1. The lowest BCUT2D eigenvalue weighted by Gasteiger charge is -2.14. The number of ether oxygens (including phenoxy) is 2. The summed E-state index contributed by atoms with van der Waals surface area (Å²) < 4.78 is 10.7. The van der Waals surface area contributed by atoms with E-state index in [0.717, 1.165) is 27.8 Å². The van der Waals surface area contributed by atoms with Crippen LogP contribution >= 0.6 is 11.8 Å². The fourth-order valence-corrected chi connectivity index (χ4v) is 4.34. The molecule has 0 unspecified atom stereocenters. The van der Waals surface area contributed by atoms with E-state index in [-0.39, 0.29) is 5.91 Å². The van der Waals surface area contributed by atoms with Crippen LogP contribution in [0.5, 0.6) is 5.75 Å². The van der Waals surface area contributed by atoms with Gasteiger partial charge in [-0.25, -0.2) is 4.99 Å². The molecular formula is C24H22N2O3S. The highest BCUT2D eigenvalue weighted by molar-refractivity contribution is 8.18. The number of amidine groups is 1. The first-order chi connectivity index (χ1) is 14.7. The summed E-state index contributed by atoms with van der Waals surface area (Å²) >= 11 is 1.39. The van der Waals surface area contributed by atoms with E-state index in [0.29, 0.717) is 23.2 Å². The van der Waals surface area contributed by atoms with Gasteiger partial charge in [-0.2, -0.15) is 0 Å². The maximum atomic E-state index is 13.2. The van der Waals surface area contributed by atoms with Crippen LogP contribution in [0.25, 0.3) is 16.8 Å². The molecule has 4 rings (SSSR count). The minimum atomic E-state index is -0.0633. The summed E-state index contributed by atoms with van der Waals surface area (Å²) in [5, 5.41) is 2.71. The predicted octanol–water partition coefficient (Wildman–Crippen LogP) is 5.10. The lowest BCUT2D eigenvalue weighted by molar-refractivity contribution is -0.122. The highest BCUT2D eigenvalue weighted by atomic mass is 32.2. The third-order valence-electron chi connectivity index (χ3n) is 4.81. The molecule has 152 valence electrons. The van der Waals surface area contributed by atoms with Crippen LogP contribution in [-0.2, 0) is 9.53 Å². The zero-order chi connectivity index (χ0) is 20.9. The average molecular weight is 419 g/mol. The Morgan fingerprint density at radius 1 is 0.967 bits per heavy atom. The third-order valence-corrected chi connectivity index (χ3v) is 5.82. The second-order valence-electron chi connectivity index (χ2n) is 6.69. The SMILES string of the molecule is COCCN1C(=O)/C(=C/c2ccc(OC)c3ccccc23)SC1=Nc1ccccc1. The number of hydrogen-bond acceptors (Lipinski definition) is 5. The molecular weight excluding hydrogens is 396 g/mol. The number of rotatable bonds is 6. The molecule has 1 fully saturated rings. The van der Waals surface area contributed by atoms with Crippen LogP contribution in [-0.4, -0.2) is 43.3 Å². The smallest absolute Gasteiger partial charge is 0.266 e. The summed E-state index contributed by atoms with van der Waals surface area (Å²) in [5.74, 6) is 0.748. The molecule has 0 N–H and O–H groups in total. The van der Waals surface area contributed by atoms with Crippen molar-refractivity contribution in [3.05, 3.63) is 77.2 Å². The fourth-order valence-electron chi connectivity index (χ4n) is 3.32. The van der Waals surface area contributed by atoms with E-state index in [4.69, 9.17) is 14.5 Å². The van der Waals surface area contributed by atoms with Gasteiger partial charge in [0.2, 0.25) is 0 Å². The van der Waals surface area contributed by atoms with Gasteiger partial charge in [0.25, 0.3) is 5.91 Å². The topological polar surface area (TPSA) is 51.1 Å². The number of methoxy groups -OCH3 is 2. The molecule has 0 aromatic heterocycles. The van der Waals surface area contributed by atoms with Gasteiger partial charge in [-0.15, -0.1) is 0 Å². The summed E-state index contributed by atoms with van der Waals surface area (Å²) in [7, 11) is 3.29. The highest BCUT2D eigenvalue weighted by Gasteiger charge is 2.33. The van der Waals surface area contributed by atoms with Crippen molar-refractivity contribution in [3.8, 4) is 5.75 Å². The molecule has 1 aliphatic heterocycles. The molecule has 1 saturated heterocycles. The second kappa shape index (κ2) is 9.15. The summed E-state index contributed by atoms with van der Waals surface area (Å²) in [6.45, 7) is 0.896. The van der Waals surface area contributed by atoms with Crippen LogP contribution in [0.15, 0.2) is 76.6 Å². The predicted molar refractivity (Wildman–Crippen MR) is 123 cm³/mol.